The van der Waals surface area contributed by atoms with Gasteiger partial charge in [0.2, 0.25) is 0 Å². The van der Waals surface area contributed by atoms with E-state index in [0.29, 0.717) is 11.2 Å². The van der Waals surface area contributed by atoms with Crippen LogP contribution in [-0.2, 0) is 6.61 Å². The Labute approximate surface area is 171 Å². The molecule has 0 unspecified atom stereocenters. The second-order valence-electron chi connectivity index (χ2n) is 6.40. The third-order valence-corrected chi connectivity index (χ3v) is 7.37. The highest BCUT2D eigenvalue weighted by Gasteiger charge is 2.17. The molecule has 0 saturated heterocycles. The molecule has 0 fully saturated rings. The predicted molar refractivity (Wildman–Crippen MR) is 121 cm³/mol. The monoisotopic (exact) mass is 397 g/mol. The minimum Gasteiger partial charge on any atom is -0.487 e. The lowest BCUT2D eigenvalue weighted by atomic mass is 10.2. The quantitative estimate of drug-likeness (QED) is 0.340. The van der Waals surface area contributed by atoms with Crippen LogP contribution in [0.25, 0.3) is 10.9 Å². The molecule has 3 rings (SSSR count). The first kappa shape index (κ1) is 20.1. The minimum atomic E-state index is 0.422. The molecule has 1 aromatic heterocycles. The number of benzene rings is 2. The Morgan fingerprint density at radius 3 is 2.33 bits per heavy atom. The lowest BCUT2D eigenvalue weighted by Crippen LogP contribution is -2.02. The van der Waals surface area contributed by atoms with Gasteiger partial charge >= 0.3 is 0 Å². The van der Waals surface area contributed by atoms with Crippen LogP contribution in [0.4, 0.5) is 0 Å². The normalized spacial score (nSPS) is 11.2. The molecule has 0 aliphatic heterocycles. The van der Waals surface area contributed by atoms with Crippen LogP contribution < -0.4 is 4.74 Å². The number of rotatable bonds is 10. The number of pyridine rings is 1. The summed E-state index contributed by atoms with van der Waals surface area (Å²) in [5, 5.41) is 1.16. The SMILES string of the molecule is CCCSC(SCCC)c1ccccc1OCc1ccc2ccccc2n1. The largest absolute Gasteiger partial charge is 0.487 e. The van der Waals surface area contributed by atoms with E-state index in [1.165, 1.54) is 29.9 Å². The van der Waals surface area contributed by atoms with E-state index >= 15 is 0 Å². The molecule has 0 saturated carbocycles. The van der Waals surface area contributed by atoms with Crippen LogP contribution >= 0.6 is 23.5 Å². The van der Waals surface area contributed by atoms with Gasteiger partial charge in [0.15, 0.2) is 0 Å². The highest BCUT2D eigenvalue weighted by atomic mass is 32.2. The van der Waals surface area contributed by atoms with Crippen molar-refractivity contribution in [2.45, 2.75) is 37.9 Å². The van der Waals surface area contributed by atoms with Crippen LogP contribution in [0.3, 0.4) is 0 Å². The first-order chi connectivity index (χ1) is 13.3. The number of hydrogen-bond acceptors (Lipinski definition) is 4. The van der Waals surface area contributed by atoms with Gasteiger partial charge in [0.1, 0.15) is 12.4 Å². The number of hydrogen-bond donors (Lipinski definition) is 0. The molecule has 1 heterocycles. The smallest absolute Gasteiger partial charge is 0.130 e. The summed E-state index contributed by atoms with van der Waals surface area (Å²) in [4.78, 5) is 4.73. The van der Waals surface area contributed by atoms with E-state index in [-0.39, 0.29) is 0 Å². The molecule has 0 spiro atoms. The van der Waals surface area contributed by atoms with E-state index in [0.717, 1.165) is 22.3 Å². The van der Waals surface area contributed by atoms with Crippen LogP contribution in [0.15, 0.2) is 60.7 Å². The molecule has 4 heteroatoms. The Bertz CT molecular complexity index is 844. The van der Waals surface area contributed by atoms with Crippen molar-refractivity contribution in [3.8, 4) is 5.75 Å². The maximum Gasteiger partial charge on any atom is 0.130 e. The standard InChI is InChI=1S/C23H27NOS2/c1-3-15-26-23(27-16-4-2)20-10-6-8-12-22(20)25-17-19-14-13-18-9-5-7-11-21(18)24-19/h5-14,23H,3-4,15-17H2,1-2H3. The first-order valence-electron chi connectivity index (χ1n) is 9.61. The van der Waals surface area contributed by atoms with Crippen molar-refractivity contribution in [2.24, 2.45) is 0 Å². The van der Waals surface area contributed by atoms with Gasteiger partial charge in [-0.2, -0.15) is 0 Å². The summed E-state index contributed by atoms with van der Waals surface area (Å²) in [6.45, 7) is 4.97. The van der Waals surface area contributed by atoms with Crippen molar-refractivity contribution < 1.29 is 4.74 Å². The number of para-hydroxylation sites is 2. The summed E-state index contributed by atoms with van der Waals surface area (Å²) in [7, 11) is 0. The van der Waals surface area contributed by atoms with E-state index in [2.05, 4.69) is 56.3 Å². The number of ether oxygens (including phenoxy) is 1. The third-order valence-electron chi connectivity index (χ3n) is 4.15. The van der Waals surface area contributed by atoms with E-state index < -0.39 is 0 Å². The van der Waals surface area contributed by atoms with Crippen molar-refractivity contribution in [3.05, 3.63) is 71.9 Å². The molecule has 0 aliphatic rings. The highest BCUT2D eigenvalue weighted by molar-refractivity contribution is 8.16. The zero-order valence-corrected chi connectivity index (χ0v) is 17.7. The van der Waals surface area contributed by atoms with Crippen LogP contribution in [0.2, 0.25) is 0 Å². The maximum absolute atomic E-state index is 6.22. The van der Waals surface area contributed by atoms with Gasteiger partial charge in [-0.3, -0.25) is 0 Å². The fourth-order valence-corrected chi connectivity index (χ4v) is 5.43. The molecule has 2 aromatic carbocycles. The Kier molecular flexibility index (Phi) is 7.91. The summed E-state index contributed by atoms with van der Waals surface area (Å²) in [6.07, 6.45) is 2.38. The molecule has 0 N–H and O–H groups in total. The van der Waals surface area contributed by atoms with Crippen molar-refractivity contribution >= 4 is 34.4 Å². The molecule has 0 amide bonds. The van der Waals surface area contributed by atoms with Gasteiger partial charge < -0.3 is 4.74 Å². The molecule has 0 bridgehead atoms. The average Bonchev–Trinajstić information content (AvgIpc) is 2.72. The van der Waals surface area contributed by atoms with E-state index in [1.807, 2.05) is 41.7 Å². The van der Waals surface area contributed by atoms with Crippen LogP contribution in [0.5, 0.6) is 5.75 Å². The minimum absolute atomic E-state index is 0.422. The summed E-state index contributed by atoms with van der Waals surface area (Å²) < 4.78 is 6.65. The molecular weight excluding hydrogens is 370 g/mol. The van der Waals surface area contributed by atoms with Crippen molar-refractivity contribution in [1.82, 2.24) is 4.98 Å². The number of nitrogens with zero attached hydrogens (tertiary/aromatic N) is 1. The fourth-order valence-electron chi connectivity index (χ4n) is 2.82. The van der Waals surface area contributed by atoms with Gasteiger partial charge in [-0.1, -0.05) is 56.3 Å². The summed E-state index contributed by atoms with van der Waals surface area (Å²) in [6, 6.07) is 20.8. The van der Waals surface area contributed by atoms with Gasteiger partial charge in [0, 0.05) is 10.9 Å². The van der Waals surface area contributed by atoms with E-state index in [9.17, 15) is 0 Å². The van der Waals surface area contributed by atoms with Crippen molar-refractivity contribution in [2.75, 3.05) is 11.5 Å². The zero-order valence-electron chi connectivity index (χ0n) is 16.1. The Balaban J connectivity index is 1.75. The second-order valence-corrected chi connectivity index (χ2v) is 9.12. The molecule has 0 radical (unpaired) electrons. The van der Waals surface area contributed by atoms with Crippen LogP contribution in [-0.4, -0.2) is 16.5 Å². The molecule has 0 aliphatic carbocycles. The zero-order chi connectivity index (χ0) is 18.9. The van der Waals surface area contributed by atoms with Crippen molar-refractivity contribution in [3.63, 3.8) is 0 Å². The van der Waals surface area contributed by atoms with Crippen LogP contribution in [0.1, 0.15) is 42.5 Å². The van der Waals surface area contributed by atoms with Crippen molar-refractivity contribution in [1.29, 1.82) is 0 Å². The fraction of sp³-hybridized carbons (Fsp3) is 0.348. The van der Waals surface area contributed by atoms with Gasteiger partial charge in [-0.15, -0.1) is 23.5 Å². The molecule has 2 nitrogen and oxygen atoms in total. The first-order valence-corrected chi connectivity index (χ1v) is 11.7. The van der Waals surface area contributed by atoms with E-state index in [4.69, 9.17) is 9.72 Å². The number of thioether (sulfide) groups is 2. The maximum atomic E-state index is 6.22. The number of fused-ring (bicyclic) bond motifs is 1. The molecule has 3 aromatic rings. The second kappa shape index (κ2) is 10.6. The third kappa shape index (κ3) is 5.66. The lowest BCUT2D eigenvalue weighted by Gasteiger charge is -2.20. The van der Waals surface area contributed by atoms with Gasteiger partial charge in [-0.05, 0) is 42.5 Å². The van der Waals surface area contributed by atoms with Gasteiger partial charge in [-0.25, -0.2) is 4.98 Å². The Morgan fingerprint density at radius 1 is 0.852 bits per heavy atom. The predicted octanol–water partition coefficient (Wildman–Crippen LogP) is 7.10. The van der Waals surface area contributed by atoms with Gasteiger partial charge in [0.25, 0.3) is 0 Å². The lowest BCUT2D eigenvalue weighted by molar-refractivity contribution is 0.299. The summed E-state index contributed by atoms with van der Waals surface area (Å²) in [5.41, 5.74) is 3.26. The topological polar surface area (TPSA) is 22.1 Å². The molecular formula is C23H27NOS2. The highest BCUT2D eigenvalue weighted by Crippen LogP contribution is 2.44. The molecule has 27 heavy (non-hydrogen) atoms. The Hall–Kier alpha value is -1.65. The summed E-state index contributed by atoms with van der Waals surface area (Å²) in [5.74, 6) is 3.31. The Morgan fingerprint density at radius 2 is 1.56 bits per heavy atom. The molecule has 0 atom stereocenters. The molecule has 142 valence electrons. The summed E-state index contributed by atoms with van der Waals surface area (Å²) >= 11 is 4.04. The van der Waals surface area contributed by atoms with Gasteiger partial charge in [0.05, 0.1) is 15.8 Å². The average molecular weight is 398 g/mol. The van der Waals surface area contributed by atoms with E-state index in [1.54, 1.807) is 0 Å². The van der Waals surface area contributed by atoms with Crippen LogP contribution in [0, 0.1) is 0 Å². The number of aromatic nitrogens is 1.